The van der Waals surface area contributed by atoms with Crippen molar-refractivity contribution in [1.82, 2.24) is 19.0 Å². The van der Waals surface area contributed by atoms with Crippen molar-refractivity contribution in [3.8, 4) is 17.0 Å². The molecule has 1 fully saturated rings. The van der Waals surface area contributed by atoms with E-state index in [0.717, 1.165) is 89.4 Å². The molecule has 9 nitrogen and oxygen atoms in total. The minimum Gasteiger partial charge on any atom is -0.482 e. The predicted octanol–water partition coefficient (Wildman–Crippen LogP) is 4.22. The van der Waals surface area contributed by atoms with Gasteiger partial charge in [-0.05, 0) is 56.5 Å². The number of piperidine rings is 1. The van der Waals surface area contributed by atoms with Gasteiger partial charge in [0.15, 0.2) is 6.61 Å². The highest BCUT2D eigenvalue weighted by Crippen LogP contribution is 2.38. The number of amides is 1. The van der Waals surface area contributed by atoms with E-state index in [4.69, 9.17) is 9.84 Å². The Hall–Kier alpha value is -2.73. The molecule has 41 heavy (non-hydrogen) atoms. The van der Waals surface area contributed by atoms with Crippen molar-refractivity contribution in [2.75, 3.05) is 43.9 Å². The van der Waals surface area contributed by atoms with Crippen molar-refractivity contribution in [3.63, 3.8) is 0 Å². The van der Waals surface area contributed by atoms with Crippen LogP contribution in [0.15, 0.2) is 46.9 Å². The molecule has 4 heterocycles. The molecule has 3 aliphatic rings. The van der Waals surface area contributed by atoms with Gasteiger partial charge in [-0.15, -0.1) is 0 Å². The highest BCUT2D eigenvalue weighted by Gasteiger charge is 2.35. The number of halogens is 1. The number of hydrogen-bond acceptors (Lipinski definition) is 6. The van der Waals surface area contributed by atoms with Gasteiger partial charge in [0.2, 0.25) is 10.0 Å². The standard InChI is InChI=1S/C30H36BrN5O4S/c1-21-5-3-6-27-30(21)36(28(37)20-40-27)24-11-16-33(17-12-24)14-4-15-35-26-13-18-34(41(2,38)39)19-25(26)29(32-35)22-7-9-23(31)10-8-22/h3,5-10,24H,4,11-20H2,1-2H3. The second kappa shape index (κ2) is 11.5. The number of likely N-dealkylation sites (tertiary alicyclic amines) is 1. The van der Waals surface area contributed by atoms with E-state index in [0.29, 0.717) is 19.5 Å². The maximum Gasteiger partial charge on any atom is 0.265 e. The number of anilines is 1. The van der Waals surface area contributed by atoms with E-state index >= 15 is 0 Å². The number of aromatic nitrogens is 2. The quantitative estimate of drug-likeness (QED) is 0.384. The number of rotatable bonds is 7. The van der Waals surface area contributed by atoms with Gasteiger partial charge in [0.25, 0.3) is 5.91 Å². The lowest BCUT2D eigenvalue weighted by Crippen LogP contribution is -2.51. The van der Waals surface area contributed by atoms with Crippen molar-refractivity contribution in [2.45, 2.75) is 51.7 Å². The Labute approximate surface area is 250 Å². The second-order valence-corrected chi connectivity index (χ2v) is 14.1. The number of hydrogen-bond donors (Lipinski definition) is 0. The van der Waals surface area contributed by atoms with Gasteiger partial charge in [-0.3, -0.25) is 9.48 Å². The van der Waals surface area contributed by atoms with Crippen LogP contribution >= 0.6 is 15.9 Å². The van der Waals surface area contributed by atoms with Gasteiger partial charge < -0.3 is 14.5 Å². The van der Waals surface area contributed by atoms with E-state index in [2.05, 4.69) is 25.5 Å². The Kier molecular flexibility index (Phi) is 7.97. The first-order valence-corrected chi connectivity index (χ1v) is 16.9. The predicted molar refractivity (Wildman–Crippen MR) is 163 cm³/mol. The average molecular weight is 643 g/mol. The van der Waals surface area contributed by atoms with Crippen LogP contribution < -0.4 is 9.64 Å². The summed E-state index contributed by atoms with van der Waals surface area (Å²) in [6, 6.07) is 14.2. The van der Waals surface area contributed by atoms with E-state index in [9.17, 15) is 13.2 Å². The minimum atomic E-state index is -3.28. The summed E-state index contributed by atoms with van der Waals surface area (Å²) in [6.07, 6.45) is 4.76. The van der Waals surface area contributed by atoms with Gasteiger partial charge in [0.1, 0.15) is 5.75 Å². The molecule has 0 spiro atoms. The molecule has 3 aliphatic heterocycles. The average Bonchev–Trinajstić information content (AvgIpc) is 3.32. The number of carbonyl (C=O) groups is 1. The number of nitrogens with zero attached hydrogens (tertiary/aromatic N) is 5. The normalized spacial score (nSPS) is 18.7. The molecule has 3 aromatic rings. The van der Waals surface area contributed by atoms with Crippen molar-refractivity contribution in [2.24, 2.45) is 0 Å². The fourth-order valence-corrected chi connectivity index (χ4v) is 7.45. The molecule has 0 atom stereocenters. The van der Waals surface area contributed by atoms with Crippen molar-refractivity contribution < 1.29 is 17.9 Å². The van der Waals surface area contributed by atoms with Crippen molar-refractivity contribution >= 4 is 37.5 Å². The van der Waals surface area contributed by atoms with Crippen LogP contribution in [0.1, 0.15) is 36.1 Å². The lowest BCUT2D eigenvalue weighted by molar-refractivity contribution is -0.122. The zero-order valence-corrected chi connectivity index (χ0v) is 26.0. The van der Waals surface area contributed by atoms with Crippen LogP contribution in [0, 0.1) is 6.92 Å². The fraction of sp³-hybridized carbons (Fsp3) is 0.467. The fourth-order valence-electron chi connectivity index (χ4n) is 6.40. The maximum atomic E-state index is 12.9. The molecule has 1 aromatic heterocycles. The number of aryl methyl sites for hydroxylation is 2. The number of sulfonamides is 1. The summed E-state index contributed by atoms with van der Waals surface area (Å²) < 4.78 is 35.0. The Morgan fingerprint density at radius 2 is 1.80 bits per heavy atom. The maximum absolute atomic E-state index is 12.9. The number of carbonyl (C=O) groups excluding carboxylic acids is 1. The van der Waals surface area contributed by atoms with Gasteiger partial charge in [0.05, 0.1) is 17.6 Å². The number of para-hydroxylation sites is 1. The summed E-state index contributed by atoms with van der Waals surface area (Å²) in [7, 11) is -3.28. The Morgan fingerprint density at radius 3 is 2.54 bits per heavy atom. The number of benzene rings is 2. The lowest BCUT2D eigenvalue weighted by Gasteiger charge is -2.41. The van der Waals surface area contributed by atoms with Crippen LogP contribution in [0.2, 0.25) is 0 Å². The van der Waals surface area contributed by atoms with Crippen LogP contribution in [0.4, 0.5) is 5.69 Å². The molecule has 1 amide bonds. The summed E-state index contributed by atoms with van der Waals surface area (Å²) in [5.41, 5.74) is 6.02. The highest BCUT2D eigenvalue weighted by molar-refractivity contribution is 9.10. The van der Waals surface area contributed by atoms with Crippen LogP contribution in [0.5, 0.6) is 5.75 Å². The van der Waals surface area contributed by atoms with Crippen LogP contribution in [-0.4, -0.2) is 78.4 Å². The first-order valence-electron chi connectivity index (χ1n) is 14.3. The highest BCUT2D eigenvalue weighted by atomic mass is 79.9. The second-order valence-electron chi connectivity index (χ2n) is 11.3. The Bertz CT molecular complexity index is 1550. The molecule has 0 unspecified atom stereocenters. The minimum absolute atomic E-state index is 0.0460. The molecule has 0 saturated carbocycles. The Balaban J connectivity index is 1.11. The summed E-state index contributed by atoms with van der Waals surface area (Å²) in [5.74, 6) is 0.849. The molecule has 0 aliphatic carbocycles. The molecule has 11 heteroatoms. The van der Waals surface area contributed by atoms with E-state index in [1.54, 1.807) is 4.31 Å². The summed E-state index contributed by atoms with van der Waals surface area (Å²) >= 11 is 3.50. The monoisotopic (exact) mass is 641 g/mol. The van der Waals surface area contributed by atoms with Gasteiger partial charge in [-0.25, -0.2) is 8.42 Å². The summed E-state index contributed by atoms with van der Waals surface area (Å²) in [4.78, 5) is 17.3. The van der Waals surface area contributed by atoms with Crippen LogP contribution in [0.3, 0.4) is 0 Å². The third-order valence-electron chi connectivity index (χ3n) is 8.51. The molecule has 0 N–H and O–H groups in total. The zero-order valence-electron chi connectivity index (χ0n) is 23.6. The molecule has 218 valence electrons. The molecule has 2 aromatic carbocycles. The number of fused-ring (bicyclic) bond motifs is 2. The van der Waals surface area contributed by atoms with Crippen LogP contribution in [-0.2, 0) is 34.3 Å². The zero-order chi connectivity index (χ0) is 28.7. The largest absolute Gasteiger partial charge is 0.482 e. The lowest BCUT2D eigenvalue weighted by atomic mass is 9.99. The third-order valence-corrected chi connectivity index (χ3v) is 10.3. The van der Waals surface area contributed by atoms with Crippen LogP contribution in [0.25, 0.3) is 11.3 Å². The van der Waals surface area contributed by atoms with Gasteiger partial charge in [-0.1, -0.05) is 40.2 Å². The smallest absolute Gasteiger partial charge is 0.265 e. The molecule has 6 rings (SSSR count). The molecule has 0 radical (unpaired) electrons. The van der Waals surface area contributed by atoms with E-state index in [-0.39, 0.29) is 18.6 Å². The van der Waals surface area contributed by atoms with E-state index in [1.165, 1.54) is 6.26 Å². The Morgan fingerprint density at radius 1 is 1.05 bits per heavy atom. The molecular formula is C30H36BrN5O4S. The first kappa shape index (κ1) is 28.4. The van der Waals surface area contributed by atoms with Gasteiger partial charge in [0, 0.05) is 66.5 Å². The molecular weight excluding hydrogens is 606 g/mol. The topological polar surface area (TPSA) is 88.0 Å². The SMILES string of the molecule is Cc1cccc2c1N(C1CCN(CCCn3nc(-c4ccc(Br)cc4)c4c3CCN(S(C)(=O)=O)C4)CC1)C(=O)CO2. The molecule has 1 saturated heterocycles. The van der Waals surface area contributed by atoms with Crippen molar-refractivity contribution in [1.29, 1.82) is 0 Å². The first-order chi connectivity index (χ1) is 19.7. The van der Waals surface area contributed by atoms with E-state index in [1.807, 2.05) is 54.3 Å². The third kappa shape index (κ3) is 5.82. The van der Waals surface area contributed by atoms with Crippen molar-refractivity contribution in [3.05, 3.63) is 63.8 Å². The molecule has 0 bridgehead atoms. The van der Waals surface area contributed by atoms with Gasteiger partial charge >= 0.3 is 0 Å². The van der Waals surface area contributed by atoms with E-state index < -0.39 is 10.0 Å². The van der Waals surface area contributed by atoms with Gasteiger partial charge in [-0.2, -0.15) is 9.40 Å². The number of ether oxygens (including phenoxy) is 1. The summed E-state index contributed by atoms with van der Waals surface area (Å²) in [5, 5.41) is 5.01. The summed E-state index contributed by atoms with van der Waals surface area (Å²) in [6.45, 7) is 6.61.